The molecule has 0 aliphatic carbocycles. The summed E-state index contributed by atoms with van der Waals surface area (Å²) in [4.78, 5) is 37.4. The number of benzene rings is 3. The second-order valence-corrected chi connectivity index (χ2v) is 8.61. The standard InChI is InChI=1S/C29H26O11/c1-36-19-10-9-16(11-21(19)39-14-23(32)38-3)17(12-22(31)37-2)24-26(33)28(35)27(34)25-18(30)13-20(40-29(24)25)15-7-5-4-6-8-15/h4-11,13,17,33-35H,12,14H2,1-3H3/t17-/m0/s1. The number of aromatic hydroxyl groups is 3. The number of methoxy groups -OCH3 is 3. The fourth-order valence-electron chi connectivity index (χ4n) is 4.30. The lowest BCUT2D eigenvalue weighted by Gasteiger charge is -2.22. The highest BCUT2D eigenvalue weighted by Crippen LogP contribution is 2.50. The molecule has 0 aliphatic heterocycles. The van der Waals surface area contributed by atoms with E-state index in [2.05, 4.69) is 4.74 Å². The van der Waals surface area contributed by atoms with Crippen LogP contribution in [0, 0.1) is 0 Å². The summed E-state index contributed by atoms with van der Waals surface area (Å²) in [6, 6.07) is 14.3. The summed E-state index contributed by atoms with van der Waals surface area (Å²) in [7, 11) is 3.77. The van der Waals surface area contributed by atoms with E-state index in [1.165, 1.54) is 33.5 Å². The molecule has 0 aliphatic rings. The van der Waals surface area contributed by atoms with Crippen LogP contribution in [0.25, 0.3) is 22.3 Å². The van der Waals surface area contributed by atoms with Gasteiger partial charge in [0.25, 0.3) is 0 Å². The number of fused-ring (bicyclic) bond motifs is 1. The molecule has 11 nitrogen and oxygen atoms in total. The van der Waals surface area contributed by atoms with Crippen molar-refractivity contribution >= 4 is 22.9 Å². The van der Waals surface area contributed by atoms with E-state index in [4.69, 9.17) is 18.6 Å². The average Bonchev–Trinajstić information content (AvgIpc) is 2.97. The quantitative estimate of drug-likeness (QED) is 0.205. The first-order valence-electron chi connectivity index (χ1n) is 11.9. The Morgan fingerprint density at radius 1 is 0.850 bits per heavy atom. The van der Waals surface area contributed by atoms with Crippen LogP contribution < -0.4 is 14.9 Å². The molecule has 1 aromatic heterocycles. The molecule has 40 heavy (non-hydrogen) atoms. The molecule has 208 valence electrons. The number of carbonyl (C=O) groups is 2. The van der Waals surface area contributed by atoms with Gasteiger partial charge in [0, 0.05) is 23.1 Å². The summed E-state index contributed by atoms with van der Waals surface area (Å²) in [5, 5.41) is 31.9. The topological polar surface area (TPSA) is 162 Å². The van der Waals surface area contributed by atoms with Crippen LogP contribution in [0.1, 0.15) is 23.5 Å². The van der Waals surface area contributed by atoms with E-state index < -0.39 is 52.5 Å². The van der Waals surface area contributed by atoms with Gasteiger partial charge in [-0.3, -0.25) is 9.59 Å². The van der Waals surface area contributed by atoms with Gasteiger partial charge in [-0.15, -0.1) is 0 Å². The van der Waals surface area contributed by atoms with Gasteiger partial charge in [0.15, 0.2) is 35.0 Å². The van der Waals surface area contributed by atoms with Crippen LogP contribution in [0.15, 0.2) is 63.8 Å². The van der Waals surface area contributed by atoms with E-state index in [1.807, 2.05) is 0 Å². The molecule has 3 aromatic carbocycles. The number of ether oxygens (including phenoxy) is 4. The van der Waals surface area contributed by atoms with E-state index in [0.717, 1.165) is 6.07 Å². The van der Waals surface area contributed by atoms with Gasteiger partial charge in [-0.1, -0.05) is 36.4 Å². The van der Waals surface area contributed by atoms with Gasteiger partial charge in [-0.25, -0.2) is 4.79 Å². The summed E-state index contributed by atoms with van der Waals surface area (Å²) >= 11 is 0. The predicted molar refractivity (Wildman–Crippen MR) is 142 cm³/mol. The van der Waals surface area contributed by atoms with E-state index in [-0.39, 0.29) is 34.8 Å². The second kappa shape index (κ2) is 11.7. The number of phenolic OH excluding ortho intramolecular Hbond substituents is 3. The minimum absolute atomic E-state index is 0.110. The zero-order valence-electron chi connectivity index (χ0n) is 21.8. The first-order valence-corrected chi connectivity index (χ1v) is 11.9. The van der Waals surface area contributed by atoms with Crippen molar-refractivity contribution in [2.24, 2.45) is 0 Å². The fourth-order valence-corrected chi connectivity index (χ4v) is 4.30. The Morgan fingerprint density at radius 2 is 1.55 bits per heavy atom. The normalized spacial score (nSPS) is 11.6. The summed E-state index contributed by atoms with van der Waals surface area (Å²) in [6.07, 6.45) is -0.384. The Hall–Kier alpha value is -5.19. The van der Waals surface area contributed by atoms with Crippen molar-refractivity contribution in [3.05, 3.63) is 75.9 Å². The molecule has 1 heterocycles. The van der Waals surface area contributed by atoms with Crippen LogP contribution in [0.4, 0.5) is 0 Å². The molecule has 11 heteroatoms. The third kappa shape index (κ3) is 5.35. The number of esters is 2. The summed E-state index contributed by atoms with van der Waals surface area (Å²) in [5.41, 5.74) is -0.231. The number of hydrogen-bond donors (Lipinski definition) is 3. The summed E-state index contributed by atoms with van der Waals surface area (Å²) in [5.74, 6) is -4.60. The number of phenols is 3. The van der Waals surface area contributed by atoms with Crippen molar-refractivity contribution in [1.29, 1.82) is 0 Å². The molecule has 0 spiro atoms. The molecular weight excluding hydrogens is 524 g/mol. The molecule has 1 atom stereocenters. The maximum Gasteiger partial charge on any atom is 0.343 e. The van der Waals surface area contributed by atoms with E-state index in [1.54, 1.807) is 36.4 Å². The van der Waals surface area contributed by atoms with Crippen LogP contribution in [-0.4, -0.2) is 55.2 Å². The van der Waals surface area contributed by atoms with Crippen LogP contribution >= 0.6 is 0 Å². The average molecular weight is 551 g/mol. The molecule has 0 amide bonds. The van der Waals surface area contributed by atoms with Gasteiger partial charge in [0.1, 0.15) is 16.7 Å². The first-order chi connectivity index (χ1) is 19.2. The van der Waals surface area contributed by atoms with Gasteiger partial charge in [0.05, 0.1) is 27.8 Å². The Balaban J connectivity index is 2.01. The maximum absolute atomic E-state index is 13.2. The molecule has 0 bridgehead atoms. The van der Waals surface area contributed by atoms with Crippen molar-refractivity contribution in [3.63, 3.8) is 0 Å². The molecular formula is C29H26O11. The third-order valence-electron chi connectivity index (χ3n) is 6.30. The highest BCUT2D eigenvalue weighted by Gasteiger charge is 2.32. The van der Waals surface area contributed by atoms with E-state index in [0.29, 0.717) is 11.1 Å². The minimum Gasteiger partial charge on any atom is -0.504 e. The summed E-state index contributed by atoms with van der Waals surface area (Å²) < 4.78 is 26.4. The smallest absolute Gasteiger partial charge is 0.343 e. The number of rotatable bonds is 9. The summed E-state index contributed by atoms with van der Waals surface area (Å²) in [6.45, 7) is -0.443. The van der Waals surface area contributed by atoms with Gasteiger partial charge >= 0.3 is 11.9 Å². The molecule has 4 aromatic rings. The van der Waals surface area contributed by atoms with Gasteiger partial charge in [-0.05, 0) is 17.7 Å². The van der Waals surface area contributed by atoms with Crippen LogP contribution in [0.3, 0.4) is 0 Å². The van der Waals surface area contributed by atoms with Crippen LogP contribution in [-0.2, 0) is 19.1 Å². The van der Waals surface area contributed by atoms with Crippen LogP contribution in [0.5, 0.6) is 28.7 Å². The van der Waals surface area contributed by atoms with Crippen molar-refractivity contribution < 1.29 is 48.3 Å². The van der Waals surface area contributed by atoms with Crippen molar-refractivity contribution in [2.75, 3.05) is 27.9 Å². The predicted octanol–water partition coefficient (Wildman–Crippen LogP) is 3.83. The second-order valence-electron chi connectivity index (χ2n) is 8.61. The molecule has 3 N–H and O–H groups in total. The lowest BCUT2D eigenvalue weighted by atomic mass is 9.86. The Morgan fingerprint density at radius 3 is 2.20 bits per heavy atom. The zero-order chi connectivity index (χ0) is 29.0. The molecule has 0 fully saturated rings. The first kappa shape index (κ1) is 27.8. The Kier molecular flexibility index (Phi) is 8.13. The minimum atomic E-state index is -1.10. The molecule has 0 unspecified atom stereocenters. The Labute approximate surface area is 227 Å². The lowest BCUT2D eigenvalue weighted by Crippen LogP contribution is -2.14. The van der Waals surface area contributed by atoms with Gasteiger partial charge in [-0.2, -0.15) is 0 Å². The highest BCUT2D eigenvalue weighted by atomic mass is 16.6. The number of hydrogen-bond acceptors (Lipinski definition) is 11. The molecule has 0 saturated heterocycles. The largest absolute Gasteiger partial charge is 0.504 e. The van der Waals surface area contributed by atoms with Gasteiger partial charge < -0.3 is 38.7 Å². The molecule has 0 radical (unpaired) electrons. The molecule has 0 saturated carbocycles. The third-order valence-corrected chi connectivity index (χ3v) is 6.30. The highest BCUT2D eigenvalue weighted by molar-refractivity contribution is 5.93. The molecule has 4 rings (SSSR count). The lowest BCUT2D eigenvalue weighted by molar-refractivity contribution is -0.143. The van der Waals surface area contributed by atoms with E-state index >= 15 is 0 Å². The van der Waals surface area contributed by atoms with Crippen molar-refractivity contribution in [1.82, 2.24) is 0 Å². The number of carbonyl (C=O) groups excluding carboxylic acids is 2. The maximum atomic E-state index is 13.2. The van der Waals surface area contributed by atoms with Crippen molar-refractivity contribution in [3.8, 4) is 40.1 Å². The van der Waals surface area contributed by atoms with E-state index in [9.17, 15) is 29.7 Å². The van der Waals surface area contributed by atoms with Crippen LogP contribution in [0.2, 0.25) is 0 Å². The SMILES string of the molecule is COC(=O)COc1cc([C@H](CC(=O)OC)c2c(O)c(O)c(O)c3c(=O)cc(-c4ccccc4)oc23)ccc1OC. The van der Waals surface area contributed by atoms with Crippen molar-refractivity contribution in [2.45, 2.75) is 12.3 Å². The Bertz CT molecular complexity index is 1620. The zero-order valence-corrected chi connectivity index (χ0v) is 21.8. The van der Waals surface area contributed by atoms with Gasteiger partial charge in [0.2, 0.25) is 5.75 Å². The monoisotopic (exact) mass is 550 g/mol. The fraction of sp³-hybridized carbons (Fsp3) is 0.207.